The molecule has 2 aromatic carbocycles. The second kappa shape index (κ2) is 10.8. The van der Waals surface area contributed by atoms with E-state index in [1.807, 2.05) is 0 Å². The number of methoxy groups -OCH3 is 1. The lowest BCUT2D eigenvalue weighted by Gasteiger charge is -2.08. The van der Waals surface area contributed by atoms with Crippen LogP contribution in [0.15, 0.2) is 53.7 Å². The molecule has 0 saturated carbocycles. The molecule has 0 radical (unpaired) electrons. The highest BCUT2D eigenvalue weighted by atomic mass is 19.4. The molecule has 0 spiro atoms. The Morgan fingerprint density at radius 3 is 2.45 bits per heavy atom. The van der Waals surface area contributed by atoms with Crippen molar-refractivity contribution in [3.8, 4) is 0 Å². The normalized spacial score (nSPS) is 11.1. The number of nitrogens with one attached hydrogen (secondary N) is 2. The fraction of sp³-hybridized carbons (Fsp3) is 0.200. The first kappa shape index (κ1) is 23.4. The molecule has 164 valence electrons. The number of oxime groups is 1. The van der Waals surface area contributed by atoms with E-state index in [1.54, 1.807) is 24.3 Å². The van der Waals surface area contributed by atoms with Crippen LogP contribution in [0.25, 0.3) is 0 Å². The van der Waals surface area contributed by atoms with Crippen molar-refractivity contribution in [2.75, 3.05) is 19.0 Å². The van der Waals surface area contributed by atoms with Crippen LogP contribution in [0, 0.1) is 0 Å². The van der Waals surface area contributed by atoms with Crippen molar-refractivity contribution < 1.29 is 37.1 Å². The Morgan fingerprint density at radius 2 is 1.81 bits per heavy atom. The van der Waals surface area contributed by atoms with Crippen LogP contribution in [0.5, 0.6) is 0 Å². The predicted octanol–water partition coefficient (Wildman–Crippen LogP) is 2.75. The summed E-state index contributed by atoms with van der Waals surface area (Å²) in [5.74, 6) is -1.82. The van der Waals surface area contributed by atoms with Gasteiger partial charge in [-0.2, -0.15) is 13.2 Å². The van der Waals surface area contributed by atoms with Crippen molar-refractivity contribution in [1.82, 2.24) is 5.32 Å². The van der Waals surface area contributed by atoms with Crippen LogP contribution in [-0.4, -0.2) is 37.7 Å². The van der Waals surface area contributed by atoms with E-state index in [-0.39, 0.29) is 12.2 Å². The smallest absolute Gasteiger partial charge is 0.416 e. The second-order valence-corrected chi connectivity index (χ2v) is 6.04. The molecule has 0 atom stereocenters. The molecular formula is C20H18F3N3O5. The van der Waals surface area contributed by atoms with Crippen LogP contribution >= 0.6 is 0 Å². The highest BCUT2D eigenvalue weighted by Gasteiger charge is 2.30. The van der Waals surface area contributed by atoms with Gasteiger partial charge in [0.25, 0.3) is 11.8 Å². The molecule has 2 aromatic rings. The van der Waals surface area contributed by atoms with E-state index in [0.717, 1.165) is 23.8 Å². The van der Waals surface area contributed by atoms with E-state index in [2.05, 4.69) is 20.5 Å². The Morgan fingerprint density at radius 1 is 1.10 bits per heavy atom. The Kier molecular flexibility index (Phi) is 8.12. The van der Waals surface area contributed by atoms with Crippen LogP contribution < -0.4 is 10.6 Å². The van der Waals surface area contributed by atoms with Gasteiger partial charge in [0, 0.05) is 12.2 Å². The second-order valence-electron chi connectivity index (χ2n) is 6.04. The largest absolute Gasteiger partial charge is 0.465 e. The van der Waals surface area contributed by atoms with Crippen LogP contribution in [-0.2, 0) is 31.9 Å². The van der Waals surface area contributed by atoms with E-state index >= 15 is 0 Å². The van der Waals surface area contributed by atoms with Crippen molar-refractivity contribution in [3.05, 3.63) is 65.2 Å². The maximum absolute atomic E-state index is 12.6. The number of benzene rings is 2. The Labute approximate surface area is 175 Å². The van der Waals surface area contributed by atoms with Gasteiger partial charge in [0.05, 0.1) is 18.2 Å². The number of carbonyl (C=O) groups excluding carboxylic acids is 3. The van der Waals surface area contributed by atoms with Gasteiger partial charge in [-0.25, -0.2) is 4.79 Å². The topological polar surface area (TPSA) is 106 Å². The van der Waals surface area contributed by atoms with Crippen LogP contribution in [0.2, 0.25) is 0 Å². The van der Waals surface area contributed by atoms with Crippen LogP contribution in [0.3, 0.4) is 0 Å². The minimum atomic E-state index is -4.53. The molecule has 0 saturated heterocycles. The lowest BCUT2D eigenvalue weighted by molar-refractivity contribution is -0.137. The summed E-state index contributed by atoms with van der Waals surface area (Å²) in [5.41, 5.74) is 0.126. The standard InChI is InChI=1S/C20H18F3N3O5/c1-30-19(29)14-7-5-13(6-8-14)10-24-18(28)12-31-25-11-17(27)26-16-4-2-3-15(9-16)20(21,22)23/h2-9,11H,10,12H2,1H3,(H,24,28)(H,26,27)/b25-11+. The molecule has 2 N–H and O–H groups in total. The molecule has 11 heteroatoms. The lowest BCUT2D eigenvalue weighted by Crippen LogP contribution is -2.26. The number of hydrogen-bond acceptors (Lipinski definition) is 6. The summed E-state index contributed by atoms with van der Waals surface area (Å²) in [6, 6.07) is 10.5. The first-order valence-electron chi connectivity index (χ1n) is 8.76. The molecule has 0 aliphatic rings. The van der Waals surface area contributed by atoms with Crippen molar-refractivity contribution in [2.45, 2.75) is 12.7 Å². The summed E-state index contributed by atoms with van der Waals surface area (Å²) in [4.78, 5) is 39.4. The van der Waals surface area contributed by atoms with Gasteiger partial charge < -0.3 is 20.2 Å². The van der Waals surface area contributed by atoms with Crippen molar-refractivity contribution >= 4 is 29.7 Å². The number of esters is 1. The zero-order valence-corrected chi connectivity index (χ0v) is 16.2. The number of anilines is 1. The summed E-state index contributed by atoms with van der Waals surface area (Å²) >= 11 is 0. The number of amides is 2. The molecule has 0 aromatic heterocycles. The first-order valence-corrected chi connectivity index (χ1v) is 8.76. The highest BCUT2D eigenvalue weighted by Crippen LogP contribution is 2.30. The quantitative estimate of drug-likeness (QED) is 0.375. The van der Waals surface area contributed by atoms with Gasteiger partial charge in [-0.05, 0) is 35.9 Å². The zero-order valence-electron chi connectivity index (χ0n) is 16.2. The van der Waals surface area contributed by atoms with E-state index in [0.29, 0.717) is 11.8 Å². The van der Waals surface area contributed by atoms with Crippen LogP contribution in [0.4, 0.5) is 18.9 Å². The number of rotatable bonds is 8. The zero-order chi connectivity index (χ0) is 22.9. The van der Waals surface area contributed by atoms with Gasteiger partial charge in [-0.15, -0.1) is 0 Å². The molecule has 2 amide bonds. The molecule has 0 bridgehead atoms. The van der Waals surface area contributed by atoms with E-state index in [9.17, 15) is 27.6 Å². The third kappa shape index (κ3) is 7.80. The molecule has 8 nitrogen and oxygen atoms in total. The molecule has 2 rings (SSSR count). The number of halogens is 3. The average Bonchev–Trinajstić information content (AvgIpc) is 2.74. The van der Waals surface area contributed by atoms with Gasteiger partial charge in [0.2, 0.25) is 0 Å². The first-order chi connectivity index (χ1) is 14.7. The Balaban J connectivity index is 1.73. The molecule has 31 heavy (non-hydrogen) atoms. The van der Waals surface area contributed by atoms with Gasteiger partial charge in [0.15, 0.2) is 6.61 Å². The SMILES string of the molecule is COC(=O)c1ccc(CNC(=O)CO/N=C/C(=O)Nc2cccc(C(F)(F)F)c2)cc1. The molecule has 0 fully saturated rings. The Bertz CT molecular complexity index is 959. The number of alkyl halides is 3. The number of hydrogen-bond donors (Lipinski definition) is 2. The van der Waals surface area contributed by atoms with Gasteiger partial charge in [-0.1, -0.05) is 23.4 Å². The summed E-state index contributed by atoms with van der Waals surface area (Å²) in [5, 5.41) is 8.06. The molecule has 0 aliphatic heterocycles. The minimum absolute atomic E-state index is 0.0674. The molecule has 0 unspecified atom stereocenters. The van der Waals surface area contributed by atoms with E-state index in [1.165, 1.54) is 13.2 Å². The molecular weight excluding hydrogens is 419 g/mol. The van der Waals surface area contributed by atoms with Crippen molar-refractivity contribution in [3.63, 3.8) is 0 Å². The number of carbonyl (C=O) groups is 3. The number of ether oxygens (including phenoxy) is 1. The maximum Gasteiger partial charge on any atom is 0.416 e. The highest BCUT2D eigenvalue weighted by molar-refractivity contribution is 6.31. The monoisotopic (exact) mass is 437 g/mol. The molecule has 0 aliphatic carbocycles. The van der Waals surface area contributed by atoms with Gasteiger partial charge in [0.1, 0.15) is 6.21 Å². The fourth-order valence-electron chi connectivity index (χ4n) is 2.26. The third-order valence-corrected chi connectivity index (χ3v) is 3.76. The third-order valence-electron chi connectivity index (χ3n) is 3.76. The fourth-order valence-corrected chi connectivity index (χ4v) is 2.26. The van der Waals surface area contributed by atoms with Crippen LogP contribution in [0.1, 0.15) is 21.5 Å². The maximum atomic E-state index is 12.6. The van der Waals surface area contributed by atoms with Gasteiger partial charge >= 0.3 is 12.1 Å². The summed E-state index contributed by atoms with van der Waals surface area (Å²) in [6.07, 6.45) is -3.84. The van der Waals surface area contributed by atoms with E-state index < -0.39 is 36.1 Å². The molecule has 0 heterocycles. The van der Waals surface area contributed by atoms with Crippen molar-refractivity contribution in [1.29, 1.82) is 0 Å². The summed E-state index contributed by atoms with van der Waals surface area (Å²) in [6.45, 7) is -0.309. The van der Waals surface area contributed by atoms with Crippen molar-refractivity contribution in [2.24, 2.45) is 5.16 Å². The minimum Gasteiger partial charge on any atom is -0.465 e. The predicted molar refractivity (Wildman–Crippen MR) is 104 cm³/mol. The Hall–Kier alpha value is -3.89. The average molecular weight is 437 g/mol. The van der Waals surface area contributed by atoms with Gasteiger partial charge in [-0.3, -0.25) is 9.59 Å². The lowest BCUT2D eigenvalue weighted by atomic mass is 10.1. The number of nitrogens with zero attached hydrogens (tertiary/aromatic N) is 1. The summed E-state index contributed by atoms with van der Waals surface area (Å²) < 4.78 is 42.5. The van der Waals surface area contributed by atoms with E-state index in [4.69, 9.17) is 4.84 Å². The summed E-state index contributed by atoms with van der Waals surface area (Å²) in [7, 11) is 1.27.